The number of aliphatic hydroxyl groups is 2. The normalized spacial score (nSPS) is 47.0. The second-order valence-electron chi connectivity index (χ2n) is 2.58. The van der Waals surface area contributed by atoms with Crippen LogP contribution in [-0.2, 0) is 4.74 Å². The van der Waals surface area contributed by atoms with Crippen LogP contribution in [0.3, 0.4) is 0 Å². The van der Waals surface area contributed by atoms with Gasteiger partial charge in [0.1, 0.15) is 0 Å². The summed E-state index contributed by atoms with van der Waals surface area (Å²) in [6.07, 6.45) is 3.59. The maximum absolute atomic E-state index is 9.19. The van der Waals surface area contributed by atoms with Crippen molar-refractivity contribution in [3.63, 3.8) is 0 Å². The summed E-state index contributed by atoms with van der Waals surface area (Å²) in [6, 6.07) is 0. The minimum absolute atomic E-state index is 0.195. The largest absolute Gasteiger partial charge is 0.389 e. The molecule has 3 heteroatoms. The van der Waals surface area contributed by atoms with Gasteiger partial charge in [-0.05, 0) is 6.92 Å². The van der Waals surface area contributed by atoms with Gasteiger partial charge in [0, 0.05) is 6.42 Å². The van der Waals surface area contributed by atoms with Crippen molar-refractivity contribution in [1.82, 2.24) is 0 Å². The first-order chi connectivity index (χ1) is 4.58. The maximum atomic E-state index is 9.19. The Morgan fingerprint density at radius 2 is 2.30 bits per heavy atom. The first-order valence-corrected chi connectivity index (χ1v) is 3.10. The van der Waals surface area contributed by atoms with Gasteiger partial charge in [0.05, 0.1) is 6.10 Å². The minimum Gasteiger partial charge on any atom is -0.389 e. The van der Waals surface area contributed by atoms with Crippen LogP contribution in [0, 0.1) is 12.3 Å². The summed E-state index contributed by atoms with van der Waals surface area (Å²) in [5.74, 6) is 2.29. The van der Waals surface area contributed by atoms with Gasteiger partial charge < -0.3 is 14.9 Å². The second kappa shape index (κ2) is 2.24. The van der Waals surface area contributed by atoms with E-state index in [-0.39, 0.29) is 6.42 Å². The van der Waals surface area contributed by atoms with Gasteiger partial charge in [0.15, 0.2) is 11.9 Å². The molecule has 1 rings (SSSR count). The van der Waals surface area contributed by atoms with Crippen LogP contribution in [0.1, 0.15) is 13.3 Å². The summed E-state index contributed by atoms with van der Waals surface area (Å²) in [5.41, 5.74) is -1.00. The maximum Gasteiger partial charge on any atom is 0.159 e. The lowest BCUT2D eigenvalue weighted by Gasteiger charge is -2.19. The summed E-state index contributed by atoms with van der Waals surface area (Å²) in [6.45, 7) is 1.58. The number of terminal acetylenes is 1. The zero-order valence-corrected chi connectivity index (χ0v) is 5.74. The minimum atomic E-state index is -1.00. The quantitative estimate of drug-likeness (QED) is 0.447. The molecule has 0 aromatic rings. The fourth-order valence-electron chi connectivity index (χ4n) is 0.955. The number of hydrogen-bond donors (Lipinski definition) is 2. The lowest BCUT2D eigenvalue weighted by molar-refractivity contribution is -0.116. The standard InChI is InChI=1S/C7H10O3/c1-3-7(2)5(8)4-6(9)10-7/h1,5-6,8-9H,4H2,2H3/t5-,6-,7-/m0/s1. The van der Waals surface area contributed by atoms with E-state index < -0.39 is 18.0 Å². The van der Waals surface area contributed by atoms with Crippen molar-refractivity contribution < 1.29 is 14.9 Å². The number of rotatable bonds is 0. The summed E-state index contributed by atoms with van der Waals surface area (Å²) in [7, 11) is 0. The molecule has 1 fully saturated rings. The Kier molecular flexibility index (Phi) is 1.69. The highest BCUT2D eigenvalue weighted by Gasteiger charge is 2.42. The van der Waals surface area contributed by atoms with Crippen LogP contribution in [0.5, 0.6) is 0 Å². The molecule has 0 spiro atoms. The van der Waals surface area contributed by atoms with Crippen LogP contribution in [0.4, 0.5) is 0 Å². The molecule has 3 atom stereocenters. The van der Waals surface area contributed by atoms with Gasteiger partial charge in [0.2, 0.25) is 0 Å². The molecule has 1 aliphatic rings. The SMILES string of the molecule is C#C[C@]1(C)O[C@H](O)C[C@@H]1O. The van der Waals surface area contributed by atoms with Crippen LogP contribution < -0.4 is 0 Å². The molecular formula is C7H10O3. The van der Waals surface area contributed by atoms with E-state index in [0.29, 0.717) is 0 Å². The van der Waals surface area contributed by atoms with Crippen molar-refractivity contribution in [2.24, 2.45) is 0 Å². The monoisotopic (exact) mass is 142 g/mol. The second-order valence-corrected chi connectivity index (χ2v) is 2.58. The molecule has 1 heterocycles. The smallest absolute Gasteiger partial charge is 0.159 e. The van der Waals surface area contributed by atoms with Crippen molar-refractivity contribution in [1.29, 1.82) is 0 Å². The Morgan fingerprint density at radius 3 is 2.50 bits per heavy atom. The highest BCUT2D eigenvalue weighted by molar-refractivity contribution is 5.12. The van der Waals surface area contributed by atoms with Crippen molar-refractivity contribution in [2.75, 3.05) is 0 Å². The van der Waals surface area contributed by atoms with Crippen molar-refractivity contribution in [2.45, 2.75) is 31.3 Å². The average Bonchev–Trinajstić information content (AvgIpc) is 2.09. The molecule has 1 aliphatic heterocycles. The number of hydrogen-bond acceptors (Lipinski definition) is 3. The van der Waals surface area contributed by atoms with E-state index in [9.17, 15) is 5.11 Å². The van der Waals surface area contributed by atoms with Gasteiger partial charge in [-0.15, -0.1) is 6.42 Å². The van der Waals surface area contributed by atoms with E-state index >= 15 is 0 Å². The van der Waals surface area contributed by atoms with E-state index in [1.807, 2.05) is 0 Å². The molecule has 0 aromatic carbocycles. The molecule has 0 aliphatic carbocycles. The highest BCUT2D eigenvalue weighted by Crippen LogP contribution is 2.28. The topological polar surface area (TPSA) is 49.7 Å². The Bertz CT molecular complexity index is 172. The van der Waals surface area contributed by atoms with Gasteiger partial charge in [-0.25, -0.2) is 0 Å². The van der Waals surface area contributed by atoms with Gasteiger partial charge in [-0.1, -0.05) is 5.92 Å². The zero-order chi connectivity index (χ0) is 7.78. The van der Waals surface area contributed by atoms with E-state index in [1.165, 1.54) is 0 Å². The molecule has 0 unspecified atom stereocenters. The Balaban J connectivity index is 2.73. The van der Waals surface area contributed by atoms with Gasteiger partial charge >= 0.3 is 0 Å². The predicted molar refractivity (Wildman–Crippen MR) is 35.0 cm³/mol. The van der Waals surface area contributed by atoms with Crippen LogP contribution in [0.25, 0.3) is 0 Å². The van der Waals surface area contributed by atoms with Crippen molar-refractivity contribution in [3.05, 3.63) is 0 Å². The van der Waals surface area contributed by atoms with Gasteiger partial charge in [-0.2, -0.15) is 0 Å². The molecule has 0 saturated carbocycles. The van der Waals surface area contributed by atoms with Gasteiger partial charge in [-0.3, -0.25) is 0 Å². The first kappa shape index (κ1) is 7.55. The molecule has 3 nitrogen and oxygen atoms in total. The number of ether oxygens (including phenoxy) is 1. The summed E-state index contributed by atoms with van der Waals surface area (Å²) in [5, 5.41) is 18.1. The third kappa shape index (κ3) is 1.01. The molecule has 10 heavy (non-hydrogen) atoms. The number of aliphatic hydroxyl groups excluding tert-OH is 2. The van der Waals surface area contributed by atoms with Crippen LogP contribution in [0.2, 0.25) is 0 Å². The Hall–Kier alpha value is -0.560. The molecule has 0 aromatic heterocycles. The third-order valence-corrected chi connectivity index (χ3v) is 1.73. The first-order valence-electron chi connectivity index (χ1n) is 3.10. The van der Waals surface area contributed by atoms with Crippen LogP contribution in [0.15, 0.2) is 0 Å². The summed E-state index contributed by atoms with van der Waals surface area (Å²) >= 11 is 0. The van der Waals surface area contributed by atoms with Crippen molar-refractivity contribution in [3.8, 4) is 12.3 Å². The summed E-state index contributed by atoms with van der Waals surface area (Å²) < 4.78 is 4.88. The summed E-state index contributed by atoms with van der Waals surface area (Å²) in [4.78, 5) is 0. The molecule has 56 valence electrons. The Labute approximate surface area is 59.6 Å². The van der Waals surface area contributed by atoms with E-state index in [0.717, 1.165) is 0 Å². The van der Waals surface area contributed by atoms with Gasteiger partial charge in [0.25, 0.3) is 0 Å². The van der Waals surface area contributed by atoms with Crippen LogP contribution >= 0.6 is 0 Å². The van der Waals surface area contributed by atoms with E-state index in [4.69, 9.17) is 16.3 Å². The molecule has 1 saturated heterocycles. The zero-order valence-electron chi connectivity index (χ0n) is 5.74. The van der Waals surface area contributed by atoms with E-state index in [1.54, 1.807) is 6.92 Å². The predicted octanol–water partition coefficient (Wildman–Crippen LogP) is -0.522. The molecule has 0 bridgehead atoms. The van der Waals surface area contributed by atoms with Crippen molar-refractivity contribution >= 4 is 0 Å². The van der Waals surface area contributed by atoms with Crippen LogP contribution in [-0.4, -0.2) is 28.2 Å². The molecular weight excluding hydrogens is 132 g/mol. The molecule has 2 N–H and O–H groups in total. The highest BCUT2D eigenvalue weighted by atomic mass is 16.6. The lowest BCUT2D eigenvalue weighted by Crippen LogP contribution is -2.33. The fourth-order valence-corrected chi connectivity index (χ4v) is 0.955. The molecule has 0 radical (unpaired) electrons. The average molecular weight is 142 g/mol. The molecule has 0 amide bonds. The van der Waals surface area contributed by atoms with E-state index in [2.05, 4.69) is 5.92 Å². The Morgan fingerprint density at radius 1 is 1.70 bits per heavy atom. The lowest BCUT2D eigenvalue weighted by atomic mass is 10.0. The third-order valence-electron chi connectivity index (χ3n) is 1.73. The fraction of sp³-hybridized carbons (Fsp3) is 0.714.